The predicted octanol–water partition coefficient (Wildman–Crippen LogP) is 4.04. The molecule has 0 spiro atoms. The molecule has 0 radical (unpaired) electrons. The molecule has 2 aromatic rings. The van der Waals surface area contributed by atoms with E-state index in [1.807, 2.05) is 6.07 Å². The van der Waals surface area contributed by atoms with Gasteiger partial charge in [-0.25, -0.2) is 0 Å². The van der Waals surface area contributed by atoms with E-state index < -0.39 is 0 Å². The summed E-state index contributed by atoms with van der Waals surface area (Å²) in [6.07, 6.45) is 1.04. The lowest BCUT2D eigenvalue weighted by Crippen LogP contribution is -2.20. The molecule has 1 N–H and O–H groups in total. The van der Waals surface area contributed by atoms with Crippen molar-refractivity contribution in [2.45, 2.75) is 19.4 Å². The van der Waals surface area contributed by atoms with E-state index >= 15 is 0 Å². The second-order valence-corrected chi connectivity index (χ2v) is 5.01. The minimum Gasteiger partial charge on any atom is -0.385 e. The van der Waals surface area contributed by atoms with Crippen molar-refractivity contribution < 1.29 is 4.74 Å². The Morgan fingerprint density at radius 3 is 2.25 bits per heavy atom. The molecule has 106 valence electrons. The molecular formula is C18H23NO. The number of hydrogen-bond donors (Lipinski definition) is 1. The predicted molar refractivity (Wildman–Crippen MR) is 84.8 cm³/mol. The number of hydrogen-bond acceptors (Lipinski definition) is 2. The highest BCUT2D eigenvalue weighted by atomic mass is 16.5. The van der Waals surface area contributed by atoms with Crippen LogP contribution < -0.4 is 5.32 Å². The topological polar surface area (TPSA) is 21.3 Å². The lowest BCUT2D eigenvalue weighted by Gasteiger charge is -2.14. The molecule has 0 aromatic heterocycles. The summed E-state index contributed by atoms with van der Waals surface area (Å²) >= 11 is 0. The molecule has 2 aromatic carbocycles. The minimum absolute atomic E-state index is 0.372. The van der Waals surface area contributed by atoms with Gasteiger partial charge >= 0.3 is 0 Å². The molecule has 2 nitrogen and oxygen atoms in total. The Labute approximate surface area is 121 Å². The SMILES string of the molecule is COCCCNC(C)c1ccc(-c2ccccc2)cc1. The van der Waals surface area contributed by atoms with E-state index in [2.05, 4.69) is 60.8 Å². The number of benzene rings is 2. The molecule has 0 bridgehead atoms. The van der Waals surface area contributed by atoms with Gasteiger partial charge in [0.2, 0.25) is 0 Å². The van der Waals surface area contributed by atoms with Gasteiger partial charge in [-0.2, -0.15) is 0 Å². The molecule has 0 amide bonds. The van der Waals surface area contributed by atoms with Crippen LogP contribution in [0.1, 0.15) is 24.9 Å². The molecule has 0 aliphatic carbocycles. The maximum Gasteiger partial charge on any atom is 0.0474 e. The van der Waals surface area contributed by atoms with E-state index in [1.54, 1.807) is 7.11 Å². The first-order valence-electron chi connectivity index (χ1n) is 7.19. The quantitative estimate of drug-likeness (QED) is 0.766. The summed E-state index contributed by atoms with van der Waals surface area (Å²) < 4.78 is 5.05. The van der Waals surface area contributed by atoms with Crippen molar-refractivity contribution in [2.75, 3.05) is 20.3 Å². The van der Waals surface area contributed by atoms with Gasteiger partial charge in [0.15, 0.2) is 0 Å². The van der Waals surface area contributed by atoms with Gasteiger partial charge in [0.1, 0.15) is 0 Å². The summed E-state index contributed by atoms with van der Waals surface area (Å²) in [7, 11) is 1.74. The molecule has 0 heterocycles. The smallest absolute Gasteiger partial charge is 0.0474 e. The van der Waals surface area contributed by atoms with E-state index in [4.69, 9.17) is 4.74 Å². The molecule has 0 saturated heterocycles. The number of ether oxygens (including phenoxy) is 1. The molecule has 20 heavy (non-hydrogen) atoms. The Balaban J connectivity index is 1.94. The summed E-state index contributed by atoms with van der Waals surface area (Å²) in [5.41, 5.74) is 3.85. The van der Waals surface area contributed by atoms with Gasteiger partial charge in [-0.3, -0.25) is 0 Å². The fraction of sp³-hybridized carbons (Fsp3) is 0.333. The Morgan fingerprint density at radius 1 is 0.950 bits per heavy atom. The van der Waals surface area contributed by atoms with Crippen molar-refractivity contribution in [3.05, 3.63) is 60.2 Å². The van der Waals surface area contributed by atoms with E-state index in [9.17, 15) is 0 Å². The van der Waals surface area contributed by atoms with Crippen molar-refractivity contribution in [2.24, 2.45) is 0 Å². The average molecular weight is 269 g/mol. The normalized spacial score (nSPS) is 12.3. The van der Waals surface area contributed by atoms with Crippen molar-refractivity contribution in [3.63, 3.8) is 0 Å². The van der Waals surface area contributed by atoms with Crippen LogP contribution in [0.3, 0.4) is 0 Å². The number of methoxy groups -OCH3 is 1. The zero-order valence-corrected chi connectivity index (χ0v) is 12.3. The van der Waals surface area contributed by atoms with Crippen LogP contribution in [0, 0.1) is 0 Å². The van der Waals surface area contributed by atoms with Gasteiger partial charge in [0.05, 0.1) is 0 Å². The molecular weight excluding hydrogens is 246 g/mol. The Morgan fingerprint density at radius 2 is 1.60 bits per heavy atom. The summed E-state index contributed by atoms with van der Waals surface area (Å²) in [5, 5.41) is 3.51. The van der Waals surface area contributed by atoms with Gasteiger partial charge in [-0.1, -0.05) is 54.6 Å². The van der Waals surface area contributed by atoms with E-state index in [1.165, 1.54) is 16.7 Å². The third-order valence-electron chi connectivity index (χ3n) is 3.49. The van der Waals surface area contributed by atoms with Gasteiger partial charge in [0, 0.05) is 19.8 Å². The van der Waals surface area contributed by atoms with E-state index in [0.717, 1.165) is 19.6 Å². The lowest BCUT2D eigenvalue weighted by atomic mass is 10.0. The molecule has 0 aliphatic heterocycles. The maximum atomic E-state index is 5.05. The third-order valence-corrected chi connectivity index (χ3v) is 3.49. The summed E-state index contributed by atoms with van der Waals surface area (Å²) in [4.78, 5) is 0. The highest BCUT2D eigenvalue weighted by molar-refractivity contribution is 5.63. The van der Waals surface area contributed by atoms with Crippen LogP contribution in [-0.2, 0) is 4.74 Å². The lowest BCUT2D eigenvalue weighted by molar-refractivity contribution is 0.193. The largest absolute Gasteiger partial charge is 0.385 e. The van der Waals surface area contributed by atoms with Crippen molar-refractivity contribution in [1.82, 2.24) is 5.32 Å². The summed E-state index contributed by atoms with van der Waals surface area (Å²) in [5.74, 6) is 0. The average Bonchev–Trinajstić information content (AvgIpc) is 2.52. The standard InChI is InChI=1S/C18H23NO/c1-15(19-13-6-14-20-2)16-9-11-18(12-10-16)17-7-4-3-5-8-17/h3-5,7-12,15,19H,6,13-14H2,1-2H3. The summed E-state index contributed by atoms with van der Waals surface area (Å²) in [6, 6.07) is 19.6. The second kappa shape index (κ2) is 7.83. The molecule has 0 saturated carbocycles. The van der Waals surface area contributed by atoms with Gasteiger partial charge in [-0.15, -0.1) is 0 Å². The zero-order valence-electron chi connectivity index (χ0n) is 12.3. The van der Waals surface area contributed by atoms with E-state index in [0.29, 0.717) is 6.04 Å². The molecule has 2 rings (SSSR count). The molecule has 0 aliphatic rings. The summed E-state index contributed by atoms with van der Waals surface area (Å²) in [6.45, 7) is 3.99. The van der Waals surface area contributed by atoms with Gasteiger partial charge in [-0.05, 0) is 36.6 Å². The minimum atomic E-state index is 0.372. The fourth-order valence-electron chi connectivity index (χ4n) is 2.25. The van der Waals surface area contributed by atoms with Crippen LogP contribution in [0.15, 0.2) is 54.6 Å². The van der Waals surface area contributed by atoms with Crippen LogP contribution in [0.25, 0.3) is 11.1 Å². The monoisotopic (exact) mass is 269 g/mol. The first-order valence-corrected chi connectivity index (χ1v) is 7.19. The van der Waals surface area contributed by atoms with Crippen LogP contribution in [0.5, 0.6) is 0 Å². The van der Waals surface area contributed by atoms with Gasteiger partial charge in [0.25, 0.3) is 0 Å². The number of nitrogens with one attached hydrogen (secondary N) is 1. The van der Waals surface area contributed by atoms with Crippen LogP contribution >= 0.6 is 0 Å². The number of rotatable bonds is 7. The van der Waals surface area contributed by atoms with Crippen LogP contribution in [-0.4, -0.2) is 20.3 Å². The molecule has 1 atom stereocenters. The molecule has 1 unspecified atom stereocenters. The fourth-order valence-corrected chi connectivity index (χ4v) is 2.25. The first kappa shape index (κ1) is 14.8. The molecule has 2 heteroatoms. The van der Waals surface area contributed by atoms with Crippen LogP contribution in [0.2, 0.25) is 0 Å². The van der Waals surface area contributed by atoms with Crippen LogP contribution in [0.4, 0.5) is 0 Å². The van der Waals surface area contributed by atoms with Crippen molar-refractivity contribution in [1.29, 1.82) is 0 Å². The Kier molecular flexibility index (Phi) is 5.78. The Bertz CT molecular complexity index is 493. The third kappa shape index (κ3) is 4.19. The highest BCUT2D eigenvalue weighted by Gasteiger charge is 2.04. The van der Waals surface area contributed by atoms with E-state index in [-0.39, 0.29) is 0 Å². The molecule has 0 fully saturated rings. The second-order valence-electron chi connectivity index (χ2n) is 5.01. The van der Waals surface area contributed by atoms with Crippen molar-refractivity contribution in [3.8, 4) is 11.1 Å². The highest BCUT2D eigenvalue weighted by Crippen LogP contribution is 2.21. The van der Waals surface area contributed by atoms with Gasteiger partial charge < -0.3 is 10.1 Å². The van der Waals surface area contributed by atoms with Crippen molar-refractivity contribution >= 4 is 0 Å². The zero-order chi connectivity index (χ0) is 14.2. The first-order chi connectivity index (χ1) is 9.81. The Hall–Kier alpha value is -1.64. The maximum absolute atomic E-state index is 5.05.